The third-order valence-electron chi connectivity index (χ3n) is 5.33. The Morgan fingerprint density at radius 2 is 1.69 bits per heavy atom. The zero-order valence-electron chi connectivity index (χ0n) is 16.5. The van der Waals surface area contributed by atoms with Crippen LogP contribution < -0.4 is 10.3 Å². The second kappa shape index (κ2) is 7.48. The van der Waals surface area contributed by atoms with Gasteiger partial charge in [-0.25, -0.2) is 13.1 Å². The van der Waals surface area contributed by atoms with Gasteiger partial charge in [0.1, 0.15) is 0 Å². The highest BCUT2D eigenvalue weighted by Gasteiger charge is 2.23. The Kier molecular flexibility index (Phi) is 5.00. The summed E-state index contributed by atoms with van der Waals surface area (Å²) >= 11 is 0. The molecule has 0 fully saturated rings. The number of hydrogen-bond donors (Lipinski definition) is 1. The molecule has 150 valence electrons. The van der Waals surface area contributed by atoms with Crippen LogP contribution in [0.1, 0.15) is 29.5 Å². The third-order valence-corrected chi connectivity index (χ3v) is 6.86. The molecule has 2 aromatic carbocycles. The Morgan fingerprint density at radius 3 is 2.41 bits per heavy atom. The van der Waals surface area contributed by atoms with Gasteiger partial charge in [-0.05, 0) is 61.9 Å². The molecular formula is C22H23N3O3S. The molecule has 0 saturated heterocycles. The number of hydrogen-bond acceptors (Lipinski definition) is 4. The van der Waals surface area contributed by atoms with Crippen LogP contribution in [0.3, 0.4) is 0 Å². The summed E-state index contributed by atoms with van der Waals surface area (Å²) in [5, 5.41) is 4.48. The van der Waals surface area contributed by atoms with Crippen LogP contribution in [0.5, 0.6) is 0 Å². The van der Waals surface area contributed by atoms with Crippen molar-refractivity contribution in [3.8, 4) is 11.3 Å². The number of anilines is 1. The van der Waals surface area contributed by atoms with Crippen molar-refractivity contribution in [2.75, 3.05) is 4.72 Å². The smallest absolute Gasteiger partial charge is 0.269 e. The van der Waals surface area contributed by atoms with E-state index in [4.69, 9.17) is 0 Å². The van der Waals surface area contributed by atoms with E-state index in [2.05, 4.69) is 9.82 Å². The van der Waals surface area contributed by atoms with Crippen molar-refractivity contribution in [2.24, 2.45) is 7.05 Å². The Bertz CT molecular complexity index is 1230. The van der Waals surface area contributed by atoms with E-state index in [1.165, 1.54) is 4.68 Å². The fraction of sp³-hybridized carbons (Fsp3) is 0.273. The predicted molar refractivity (Wildman–Crippen MR) is 114 cm³/mol. The first-order valence-electron chi connectivity index (χ1n) is 9.65. The van der Waals surface area contributed by atoms with Crippen LogP contribution in [0.25, 0.3) is 11.3 Å². The quantitative estimate of drug-likeness (QED) is 0.716. The van der Waals surface area contributed by atoms with Gasteiger partial charge in [-0.2, -0.15) is 5.10 Å². The van der Waals surface area contributed by atoms with Gasteiger partial charge in [0.05, 0.1) is 10.6 Å². The molecule has 0 radical (unpaired) electrons. The van der Waals surface area contributed by atoms with E-state index in [0.29, 0.717) is 22.5 Å². The Labute approximate surface area is 170 Å². The average molecular weight is 410 g/mol. The van der Waals surface area contributed by atoms with Gasteiger partial charge in [0.2, 0.25) is 0 Å². The topological polar surface area (TPSA) is 81.1 Å². The second-order valence-electron chi connectivity index (χ2n) is 7.39. The molecular weight excluding hydrogens is 386 g/mol. The van der Waals surface area contributed by atoms with Crippen LogP contribution in [0.2, 0.25) is 0 Å². The van der Waals surface area contributed by atoms with Crippen LogP contribution in [0.15, 0.2) is 58.2 Å². The maximum Gasteiger partial charge on any atom is 0.269 e. The summed E-state index contributed by atoms with van der Waals surface area (Å²) < 4.78 is 30.0. The molecule has 4 rings (SSSR count). The molecule has 0 bridgehead atoms. The molecule has 1 aromatic heterocycles. The Balaban J connectivity index is 1.83. The summed E-state index contributed by atoms with van der Waals surface area (Å²) in [4.78, 5) is 12.7. The van der Waals surface area contributed by atoms with Crippen molar-refractivity contribution in [2.45, 2.75) is 37.5 Å². The Morgan fingerprint density at radius 1 is 1.00 bits per heavy atom. The molecule has 1 aliphatic rings. The van der Waals surface area contributed by atoms with Gasteiger partial charge >= 0.3 is 0 Å². The van der Waals surface area contributed by atoms with Crippen molar-refractivity contribution >= 4 is 15.7 Å². The van der Waals surface area contributed by atoms with Gasteiger partial charge in [-0.1, -0.05) is 30.3 Å². The molecule has 0 saturated carbocycles. The summed E-state index contributed by atoms with van der Waals surface area (Å²) in [6, 6.07) is 14.1. The molecule has 1 N–H and O–H groups in total. The lowest BCUT2D eigenvalue weighted by Crippen LogP contribution is -2.28. The summed E-state index contributed by atoms with van der Waals surface area (Å²) in [7, 11) is -2.12. The third kappa shape index (κ3) is 3.70. The number of para-hydroxylation sites is 1. The first-order valence-corrected chi connectivity index (χ1v) is 11.1. The SMILES string of the molecule is Cc1ccc(-c2nn(C)c(=O)c3c2CCCC3)cc1S(=O)(=O)Nc1ccccc1. The van der Waals surface area contributed by atoms with E-state index >= 15 is 0 Å². The largest absolute Gasteiger partial charge is 0.280 e. The minimum absolute atomic E-state index is 0.0610. The van der Waals surface area contributed by atoms with E-state index < -0.39 is 10.0 Å². The van der Waals surface area contributed by atoms with Gasteiger partial charge in [-0.15, -0.1) is 0 Å². The molecule has 0 unspecified atom stereocenters. The van der Waals surface area contributed by atoms with Crippen molar-refractivity contribution in [3.63, 3.8) is 0 Å². The minimum Gasteiger partial charge on any atom is -0.280 e. The van der Waals surface area contributed by atoms with Crippen molar-refractivity contribution in [1.29, 1.82) is 0 Å². The monoisotopic (exact) mass is 409 g/mol. The van der Waals surface area contributed by atoms with Gasteiger partial charge in [0.15, 0.2) is 0 Å². The van der Waals surface area contributed by atoms with Crippen LogP contribution in [0, 0.1) is 6.92 Å². The van der Waals surface area contributed by atoms with Gasteiger partial charge < -0.3 is 0 Å². The molecule has 0 atom stereocenters. The van der Waals surface area contributed by atoms with E-state index in [9.17, 15) is 13.2 Å². The first kappa shape index (κ1) is 19.4. The number of aryl methyl sites for hydroxylation is 2. The first-order chi connectivity index (χ1) is 13.9. The average Bonchev–Trinajstić information content (AvgIpc) is 2.71. The lowest BCUT2D eigenvalue weighted by atomic mass is 9.89. The molecule has 7 heteroatoms. The number of nitrogens with one attached hydrogen (secondary N) is 1. The normalized spacial score (nSPS) is 13.7. The number of fused-ring (bicyclic) bond motifs is 1. The van der Waals surface area contributed by atoms with Crippen LogP contribution in [-0.2, 0) is 29.9 Å². The number of nitrogens with zero attached hydrogens (tertiary/aromatic N) is 2. The summed E-state index contributed by atoms with van der Waals surface area (Å²) in [6.45, 7) is 1.77. The van der Waals surface area contributed by atoms with Gasteiger partial charge in [0, 0.05) is 23.9 Å². The zero-order chi connectivity index (χ0) is 20.6. The van der Waals surface area contributed by atoms with Crippen molar-refractivity contribution in [3.05, 3.63) is 75.6 Å². The van der Waals surface area contributed by atoms with E-state index in [0.717, 1.165) is 36.8 Å². The summed E-state index contributed by atoms with van der Waals surface area (Å²) in [6.07, 6.45) is 3.51. The van der Waals surface area contributed by atoms with Crippen LogP contribution in [0.4, 0.5) is 5.69 Å². The second-order valence-corrected chi connectivity index (χ2v) is 9.04. The molecule has 0 aliphatic heterocycles. The molecule has 0 spiro atoms. The highest BCUT2D eigenvalue weighted by molar-refractivity contribution is 7.92. The lowest BCUT2D eigenvalue weighted by molar-refractivity contribution is 0.600. The van der Waals surface area contributed by atoms with Gasteiger partial charge in [-0.3, -0.25) is 9.52 Å². The fourth-order valence-corrected chi connectivity index (χ4v) is 5.17. The number of rotatable bonds is 4. The highest BCUT2D eigenvalue weighted by atomic mass is 32.2. The summed E-state index contributed by atoms with van der Waals surface area (Å²) in [5.74, 6) is 0. The van der Waals surface area contributed by atoms with Crippen LogP contribution in [-0.4, -0.2) is 18.2 Å². The van der Waals surface area contributed by atoms with E-state index in [1.807, 2.05) is 12.1 Å². The minimum atomic E-state index is -3.76. The zero-order valence-corrected chi connectivity index (χ0v) is 17.3. The number of aromatic nitrogens is 2. The summed E-state index contributed by atoms with van der Waals surface area (Å²) in [5.41, 5.74) is 4.24. The van der Waals surface area contributed by atoms with E-state index in [-0.39, 0.29) is 10.5 Å². The number of sulfonamides is 1. The van der Waals surface area contributed by atoms with Crippen molar-refractivity contribution in [1.82, 2.24) is 9.78 Å². The maximum absolute atomic E-state index is 13.0. The predicted octanol–water partition coefficient (Wildman–Crippen LogP) is 3.44. The highest BCUT2D eigenvalue weighted by Crippen LogP contribution is 2.31. The molecule has 6 nitrogen and oxygen atoms in total. The molecule has 1 aliphatic carbocycles. The van der Waals surface area contributed by atoms with Gasteiger partial charge in [0.25, 0.3) is 15.6 Å². The molecule has 3 aromatic rings. The lowest BCUT2D eigenvalue weighted by Gasteiger charge is -2.20. The molecule has 0 amide bonds. The van der Waals surface area contributed by atoms with Crippen molar-refractivity contribution < 1.29 is 8.42 Å². The van der Waals surface area contributed by atoms with Crippen LogP contribution >= 0.6 is 0 Å². The molecule has 1 heterocycles. The fourth-order valence-electron chi connectivity index (χ4n) is 3.84. The maximum atomic E-state index is 13.0. The number of benzene rings is 2. The Hall–Kier alpha value is -2.93. The van der Waals surface area contributed by atoms with E-state index in [1.54, 1.807) is 50.4 Å². The molecule has 29 heavy (non-hydrogen) atoms. The standard InChI is InChI=1S/C22H23N3O3S/c1-15-12-13-16(14-20(15)29(27,28)24-17-8-4-3-5-9-17)21-18-10-6-7-11-19(18)22(26)25(2)23-21/h3-5,8-9,12-14,24H,6-7,10-11H2,1-2H3.